The summed E-state index contributed by atoms with van der Waals surface area (Å²) < 4.78 is 25.0. The molecule has 114 valence electrons. The van der Waals surface area contributed by atoms with Gasteiger partial charge in [-0.1, -0.05) is 42.5 Å². The van der Waals surface area contributed by atoms with Crippen molar-refractivity contribution in [3.63, 3.8) is 0 Å². The van der Waals surface area contributed by atoms with Crippen LogP contribution in [0.4, 0.5) is 0 Å². The van der Waals surface area contributed by atoms with Crippen molar-refractivity contribution in [1.82, 2.24) is 0 Å². The highest BCUT2D eigenvalue weighted by molar-refractivity contribution is 7.59. The fourth-order valence-electron chi connectivity index (χ4n) is 2.45. The standard InChI is InChI=1S/C18H19O3P/c19-22(18-14-8-3-9-15-18,20-16-10-4-1-5-11-16)21-17-12-6-2-7-13-17/h1-2,4-7,10-14H,3,8-9,15H2. The zero-order chi connectivity index (χ0) is 15.3. The molecular weight excluding hydrogens is 295 g/mol. The molecule has 1 aliphatic carbocycles. The van der Waals surface area contributed by atoms with E-state index in [0.29, 0.717) is 11.5 Å². The summed E-state index contributed by atoms with van der Waals surface area (Å²) in [6.07, 6.45) is 5.84. The van der Waals surface area contributed by atoms with Gasteiger partial charge in [0.1, 0.15) is 11.5 Å². The molecule has 2 aromatic carbocycles. The summed E-state index contributed by atoms with van der Waals surface area (Å²) >= 11 is 0. The topological polar surface area (TPSA) is 35.5 Å². The fourth-order valence-corrected chi connectivity index (χ4v) is 4.30. The molecule has 3 nitrogen and oxygen atoms in total. The van der Waals surface area contributed by atoms with Gasteiger partial charge < -0.3 is 9.05 Å². The van der Waals surface area contributed by atoms with E-state index < -0.39 is 7.60 Å². The van der Waals surface area contributed by atoms with Crippen LogP contribution in [0.5, 0.6) is 11.5 Å². The molecule has 2 aromatic rings. The van der Waals surface area contributed by atoms with E-state index >= 15 is 0 Å². The molecule has 4 heteroatoms. The Labute approximate surface area is 131 Å². The lowest BCUT2D eigenvalue weighted by molar-refractivity contribution is 0.391. The first-order valence-corrected chi connectivity index (χ1v) is 9.09. The Morgan fingerprint density at radius 3 is 1.77 bits per heavy atom. The Hall–Kier alpha value is -1.99. The van der Waals surface area contributed by atoms with Gasteiger partial charge in [0.15, 0.2) is 0 Å². The predicted octanol–water partition coefficient (Wildman–Crippen LogP) is 5.80. The average Bonchev–Trinajstić information content (AvgIpc) is 2.57. The van der Waals surface area contributed by atoms with E-state index in [1.165, 1.54) is 0 Å². The van der Waals surface area contributed by atoms with Crippen molar-refractivity contribution in [3.05, 3.63) is 72.1 Å². The van der Waals surface area contributed by atoms with Crippen LogP contribution in [0.15, 0.2) is 72.1 Å². The molecule has 0 spiro atoms. The molecule has 0 saturated heterocycles. The van der Waals surface area contributed by atoms with Crippen molar-refractivity contribution < 1.29 is 13.6 Å². The van der Waals surface area contributed by atoms with Gasteiger partial charge in [0.25, 0.3) is 0 Å². The zero-order valence-corrected chi connectivity index (χ0v) is 13.2. The molecule has 0 radical (unpaired) electrons. The first-order chi connectivity index (χ1) is 10.8. The van der Waals surface area contributed by atoms with Crippen LogP contribution in [-0.2, 0) is 4.57 Å². The predicted molar refractivity (Wildman–Crippen MR) is 88.3 cm³/mol. The lowest BCUT2D eigenvalue weighted by Gasteiger charge is -2.24. The van der Waals surface area contributed by atoms with Crippen molar-refractivity contribution in [1.29, 1.82) is 0 Å². The van der Waals surface area contributed by atoms with Gasteiger partial charge in [-0.25, -0.2) is 4.57 Å². The number of allylic oxidation sites excluding steroid dienone is 2. The highest BCUT2D eigenvalue weighted by Gasteiger charge is 2.34. The highest BCUT2D eigenvalue weighted by Crippen LogP contribution is 2.58. The van der Waals surface area contributed by atoms with Gasteiger partial charge in [-0.2, -0.15) is 0 Å². The number of benzene rings is 2. The van der Waals surface area contributed by atoms with E-state index in [1.54, 1.807) is 24.3 Å². The fraction of sp³-hybridized carbons (Fsp3) is 0.222. The molecule has 3 rings (SSSR count). The Balaban J connectivity index is 1.91. The number of hydrogen-bond acceptors (Lipinski definition) is 3. The van der Waals surface area contributed by atoms with E-state index in [4.69, 9.17) is 9.05 Å². The number of hydrogen-bond donors (Lipinski definition) is 0. The third-order valence-electron chi connectivity index (χ3n) is 3.56. The number of rotatable bonds is 5. The molecular formula is C18H19O3P. The Kier molecular flexibility index (Phi) is 4.65. The summed E-state index contributed by atoms with van der Waals surface area (Å²) in [5, 5.41) is 0.784. The van der Waals surface area contributed by atoms with E-state index in [-0.39, 0.29) is 0 Å². The van der Waals surface area contributed by atoms with Gasteiger partial charge in [0.05, 0.1) is 5.31 Å². The van der Waals surface area contributed by atoms with Crippen LogP contribution in [0, 0.1) is 0 Å². The molecule has 0 heterocycles. The lowest BCUT2D eigenvalue weighted by atomic mass is 10.1. The van der Waals surface area contributed by atoms with Crippen LogP contribution in [0.1, 0.15) is 25.7 Å². The van der Waals surface area contributed by atoms with Crippen molar-refractivity contribution >= 4 is 7.60 Å². The van der Waals surface area contributed by atoms with Gasteiger partial charge >= 0.3 is 7.60 Å². The smallest absolute Gasteiger partial charge is 0.413 e. The second-order valence-corrected chi connectivity index (χ2v) is 7.18. The summed E-state index contributed by atoms with van der Waals surface area (Å²) in [6.45, 7) is 0. The summed E-state index contributed by atoms with van der Waals surface area (Å²) in [5.74, 6) is 1.13. The van der Waals surface area contributed by atoms with Crippen LogP contribution in [0.25, 0.3) is 0 Å². The minimum Gasteiger partial charge on any atom is -0.413 e. The highest BCUT2D eigenvalue weighted by atomic mass is 31.2. The van der Waals surface area contributed by atoms with Crippen molar-refractivity contribution in [3.8, 4) is 11.5 Å². The summed E-state index contributed by atoms with van der Waals surface area (Å²) in [6, 6.07) is 18.4. The second-order valence-electron chi connectivity index (χ2n) is 5.25. The van der Waals surface area contributed by atoms with Gasteiger partial charge in [-0.05, 0) is 49.9 Å². The monoisotopic (exact) mass is 314 g/mol. The maximum Gasteiger partial charge on any atom is 0.458 e. The van der Waals surface area contributed by atoms with Crippen LogP contribution < -0.4 is 9.05 Å². The molecule has 0 N–H and O–H groups in total. The molecule has 0 amide bonds. The Morgan fingerprint density at radius 1 is 0.773 bits per heavy atom. The summed E-state index contributed by atoms with van der Waals surface area (Å²) in [5.41, 5.74) is 0. The summed E-state index contributed by atoms with van der Waals surface area (Å²) in [7, 11) is -3.38. The van der Waals surface area contributed by atoms with Gasteiger partial charge in [0.2, 0.25) is 0 Å². The third-order valence-corrected chi connectivity index (χ3v) is 5.57. The van der Waals surface area contributed by atoms with E-state index in [2.05, 4.69) is 0 Å². The second kappa shape index (κ2) is 6.85. The molecule has 0 unspecified atom stereocenters. The van der Waals surface area contributed by atoms with Crippen molar-refractivity contribution in [2.75, 3.05) is 0 Å². The van der Waals surface area contributed by atoms with Crippen LogP contribution in [0.3, 0.4) is 0 Å². The van der Waals surface area contributed by atoms with E-state index in [1.807, 2.05) is 42.5 Å². The van der Waals surface area contributed by atoms with Crippen LogP contribution in [-0.4, -0.2) is 0 Å². The van der Waals surface area contributed by atoms with Crippen molar-refractivity contribution in [2.24, 2.45) is 0 Å². The maximum absolute atomic E-state index is 13.4. The largest absolute Gasteiger partial charge is 0.458 e. The van der Waals surface area contributed by atoms with Crippen molar-refractivity contribution in [2.45, 2.75) is 25.7 Å². The zero-order valence-electron chi connectivity index (χ0n) is 12.4. The quantitative estimate of drug-likeness (QED) is 0.655. The van der Waals surface area contributed by atoms with Gasteiger partial charge in [-0.15, -0.1) is 0 Å². The minimum absolute atomic E-state index is 0.563. The maximum atomic E-state index is 13.4. The van der Waals surface area contributed by atoms with E-state index in [0.717, 1.165) is 31.0 Å². The minimum atomic E-state index is -3.38. The molecule has 0 aliphatic heterocycles. The molecule has 0 aromatic heterocycles. The molecule has 1 aliphatic rings. The summed E-state index contributed by atoms with van der Waals surface area (Å²) in [4.78, 5) is 0. The Bertz CT molecular complexity index is 634. The third kappa shape index (κ3) is 3.61. The number of para-hydroxylation sites is 2. The average molecular weight is 314 g/mol. The SMILES string of the molecule is O=P(Oc1ccccc1)(Oc1ccccc1)C1=CCCCC1. The van der Waals surface area contributed by atoms with Gasteiger partial charge in [0, 0.05) is 0 Å². The van der Waals surface area contributed by atoms with Crippen LogP contribution >= 0.6 is 7.60 Å². The molecule has 0 atom stereocenters. The molecule has 0 fully saturated rings. The molecule has 22 heavy (non-hydrogen) atoms. The molecule has 0 saturated carbocycles. The van der Waals surface area contributed by atoms with Crippen LogP contribution in [0.2, 0.25) is 0 Å². The van der Waals surface area contributed by atoms with Gasteiger partial charge in [-0.3, -0.25) is 0 Å². The first-order valence-electron chi connectivity index (χ1n) is 7.55. The normalized spacial score (nSPS) is 15.0. The molecule has 0 bridgehead atoms. The lowest BCUT2D eigenvalue weighted by Crippen LogP contribution is -2.06. The first kappa shape index (κ1) is 14.9. The Morgan fingerprint density at radius 2 is 1.32 bits per heavy atom. The van der Waals surface area contributed by atoms with E-state index in [9.17, 15) is 4.57 Å².